The van der Waals surface area contributed by atoms with E-state index in [1.165, 1.54) is 17.0 Å². The molecule has 5 nitrogen and oxygen atoms in total. The zero-order valence-electron chi connectivity index (χ0n) is 13.4. The van der Waals surface area contributed by atoms with E-state index in [1.807, 2.05) is 45.9 Å². The van der Waals surface area contributed by atoms with Crippen molar-refractivity contribution in [1.29, 1.82) is 0 Å². The third-order valence-electron chi connectivity index (χ3n) is 3.68. The van der Waals surface area contributed by atoms with E-state index in [-0.39, 0.29) is 23.9 Å². The normalized spacial score (nSPS) is 10.8. The number of amides is 1. The van der Waals surface area contributed by atoms with Gasteiger partial charge >= 0.3 is 0 Å². The largest absolute Gasteiger partial charge is 0.324 e. The molecule has 0 atom stereocenters. The van der Waals surface area contributed by atoms with E-state index in [0.29, 0.717) is 0 Å². The minimum atomic E-state index is -0.241. The average molecular weight is 299 g/mol. The molecule has 22 heavy (non-hydrogen) atoms. The molecule has 0 saturated heterocycles. The molecule has 0 spiro atoms. The summed E-state index contributed by atoms with van der Waals surface area (Å²) in [6.45, 7) is 7.84. The molecule has 5 heteroatoms. The number of carbonyl (C=O) groups is 1. The Labute approximate surface area is 130 Å². The van der Waals surface area contributed by atoms with Gasteiger partial charge in [0.25, 0.3) is 5.56 Å². The summed E-state index contributed by atoms with van der Waals surface area (Å²) in [4.78, 5) is 28.3. The fraction of sp³-hybridized carbons (Fsp3) is 0.353. The Morgan fingerprint density at radius 2 is 2.05 bits per heavy atom. The van der Waals surface area contributed by atoms with E-state index in [1.54, 1.807) is 0 Å². The van der Waals surface area contributed by atoms with E-state index < -0.39 is 0 Å². The molecule has 0 aliphatic heterocycles. The predicted octanol–water partition coefficient (Wildman–Crippen LogP) is 2.62. The summed E-state index contributed by atoms with van der Waals surface area (Å²) in [7, 11) is 0. The van der Waals surface area contributed by atoms with Crippen LogP contribution < -0.4 is 10.9 Å². The lowest BCUT2D eigenvalue weighted by Gasteiger charge is -2.11. The number of nitrogens with one attached hydrogen (secondary N) is 1. The molecule has 0 aliphatic carbocycles. The highest BCUT2D eigenvalue weighted by Crippen LogP contribution is 2.17. The van der Waals surface area contributed by atoms with Crippen LogP contribution in [0.5, 0.6) is 0 Å². The molecular weight excluding hydrogens is 278 g/mol. The molecule has 1 aromatic heterocycles. The van der Waals surface area contributed by atoms with Crippen LogP contribution in [0.4, 0.5) is 5.69 Å². The smallest absolute Gasteiger partial charge is 0.254 e. The van der Waals surface area contributed by atoms with Crippen molar-refractivity contribution in [2.75, 3.05) is 5.32 Å². The van der Waals surface area contributed by atoms with Gasteiger partial charge in [-0.05, 0) is 37.0 Å². The van der Waals surface area contributed by atoms with Crippen LogP contribution in [0.3, 0.4) is 0 Å². The highest BCUT2D eigenvalue weighted by Gasteiger charge is 2.09. The maximum Gasteiger partial charge on any atom is 0.254 e. The van der Waals surface area contributed by atoms with Crippen molar-refractivity contribution >= 4 is 11.6 Å². The van der Waals surface area contributed by atoms with E-state index in [9.17, 15) is 9.59 Å². The molecule has 1 heterocycles. The monoisotopic (exact) mass is 299 g/mol. The SMILES string of the molecule is Cc1cccc(NC(=O)Cn2cnc(C(C)C)cc2=O)c1C. The van der Waals surface area contributed by atoms with Gasteiger partial charge in [0.15, 0.2) is 0 Å². The number of hydrogen-bond acceptors (Lipinski definition) is 3. The number of nitrogens with zero attached hydrogens (tertiary/aromatic N) is 2. The van der Waals surface area contributed by atoms with Crippen molar-refractivity contribution in [3.05, 3.63) is 57.8 Å². The van der Waals surface area contributed by atoms with Gasteiger partial charge in [-0.3, -0.25) is 14.2 Å². The topological polar surface area (TPSA) is 64.0 Å². The Morgan fingerprint density at radius 1 is 1.32 bits per heavy atom. The molecule has 0 saturated carbocycles. The van der Waals surface area contributed by atoms with Gasteiger partial charge in [0, 0.05) is 11.8 Å². The Bertz CT molecular complexity index is 748. The zero-order chi connectivity index (χ0) is 16.3. The van der Waals surface area contributed by atoms with Gasteiger partial charge < -0.3 is 5.32 Å². The minimum absolute atomic E-state index is 0.0441. The van der Waals surface area contributed by atoms with Crippen molar-refractivity contribution < 1.29 is 4.79 Å². The molecule has 0 radical (unpaired) electrons. The lowest BCUT2D eigenvalue weighted by molar-refractivity contribution is -0.116. The molecule has 1 amide bonds. The molecule has 2 rings (SSSR count). The number of rotatable bonds is 4. The summed E-state index contributed by atoms with van der Waals surface area (Å²) >= 11 is 0. The maximum atomic E-state index is 12.1. The summed E-state index contributed by atoms with van der Waals surface area (Å²) in [6.07, 6.45) is 1.43. The second kappa shape index (κ2) is 6.56. The fourth-order valence-corrected chi connectivity index (χ4v) is 2.11. The van der Waals surface area contributed by atoms with Gasteiger partial charge in [0.1, 0.15) is 6.54 Å². The predicted molar refractivity (Wildman–Crippen MR) is 87.1 cm³/mol. The first-order chi connectivity index (χ1) is 10.4. The number of anilines is 1. The van der Waals surface area contributed by atoms with E-state index in [0.717, 1.165) is 22.5 Å². The number of benzene rings is 1. The van der Waals surface area contributed by atoms with E-state index >= 15 is 0 Å². The third-order valence-corrected chi connectivity index (χ3v) is 3.68. The van der Waals surface area contributed by atoms with Crippen LogP contribution in [0, 0.1) is 13.8 Å². The molecule has 1 aromatic carbocycles. The van der Waals surface area contributed by atoms with Crippen molar-refractivity contribution in [2.45, 2.75) is 40.2 Å². The van der Waals surface area contributed by atoms with Gasteiger partial charge in [-0.2, -0.15) is 0 Å². The first kappa shape index (κ1) is 15.9. The van der Waals surface area contributed by atoms with Crippen LogP contribution in [-0.4, -0.2) is 15.5 Å². The van der Waals surface area contributed by atoms with Gasteiger partial charge in [0.2, 0.25) is 5.91 Å². The third kappa shape index (κ3) is 3.61. The second-order valence-corrected chi connectivity index (χ2v) is 5.73. The van der Waals surface area contributed by atoms with E-state index in [2.05, 4.69) is 10.3 Å². The van der Waals surface area contributed by atoms with Gasteiger partial charge in [-0.1, -0.05) is 26.0 Å². The van der Waals surface area contributed by atoms with Crippen LogP contribution >= 0.6 is 0 Å². The molecule has 116 valence electrons. The Hall–Kier alpha value is -2.43. The number of aryl methyl sites for hydroxylation is 1. The summed E-state index contributed by atoms with van der Waals surface area (Å²) in [5.41, 5.74) is 3.42. The minimum Gasteiger partial charge on any atom is -0.324 e. The fourth-order valence-electron chi connectivity index (χ4n) is 2.11. The highest BCUT2D eigenvalue weighted by atomic mass is 16.2. The lowest BCUT2D eigenvalue weighted by Crippen LogP contribution is -2.28. The zero-order valence-corrected chi connectivity index (χ0v) is 13.4. The van der Waals surface area contributed by atoms with Crippen LogP contribution in [0.1, 0.15) is 36.6 Å². The second-order valence-electron chi connectivity index (χ2n) is 5.73. The first-order valence-corrected chi connectivity index (χ1v) is 7.31. The number of carbonyl (C=O) groups excluding carboxylic acids is 1. The Kier molecular flexibility index (Phi) is 4.75. The van der Waals surface area contributed by atoms with Crippen molar-refractivity contribution in [2.24, 2.45) is 0 Å². The first-order valence-electron chi connectivity index (χ1n) is 7.31. The molecular formula is C17H21N3O2. The summed E-state index contributed by atoms with van der Waals surface area (Å²) in [6, 6.07) is 7.21. The highest BCUT2D eigenvalue weighted by molar-refractivity contribution is 5.91. The van der Waals surface area contributed by atoms with Crippen LogP contribution in [0.15, 0.2) is 35.4 Å². The average Bonchev–Trinajstić information content (AvgIpc) is 2.46. The molecule has 0 bridgehead atoms. The number of hydrogen-bond donors (Lipinski definition) is 1. The van der Waals surface area contributed by atoms with Crippen LogP contribution in [-0.2, 0) is 11.3 Å². The lowest BCUT2D eigenvalue weighted by atomic mass is 10.1. The Balaban J connectivity index is 2.13. The van der Waals surface area contributed by atoms with Gasteiger partial charge in [-0.15, -0.1) is 0 Å². The van der Waals surface area contributed by atoms with Crippen LogP contribution in [0.2, 0.25) is 0 Å². The van der Waals surface area contributed by atoms with Crippen LogP contribution in [0.25, 0.3) is 0 Å². The van der Waals surface area contributed by atoms with Crippen molar-refractivity contribution in [3.63, 3.8) is 0 Å². The summed E-state index contributed by atoms with van der Waals surface area (Å²) in [5.74, 6) is -0.0546. The molecule has 0 fully saturated rings. The quantitative estimate of drug-likeness (QED) is 0.944. The Morgan fingerprint density at radius 3 is 2.68 bits per heavy atom. The van der Waals surface area contributed by atoms with Gasteiger partial charge in [0.05, 0.1) is 12.0 Å². The van der Waals surface area contributed by atoms with Crippen molar-refractivity contribution in [1.82, 2.24) is 9.55 Å². The number of aromatic nitrogens is 2. The molecule has 2 aromatic rings. The van der Waals surface area contributed by atoms with Crippen molar-refractivity contribution in [3.8, 4) is 0 Å². The van der Waals surface area contributed by atoms with E-state index in [4.69, 9.17) is 0 Å². The molecule has 0 unspecified atom stereocenters. The molecule has 1 N–H and O–H groups in total. The summed E-state index contributed by atoms with van der Waals surface area (Å²) < 4.78 is 1.31. The maximum absolute atomic E-state index is 12.1. The standard InChI is InChI=1S/C17H21N3O2/c1-11(2)15-8-17(22)20(10-18-15)9-16(21)19-14-7-5-6-12(3)13(14)4/h5-8,10-11H,9H2,1-4H3,(H,19,21). The van der Waals surface area contributed by atoms with Gasteiger partial charge in [-0.25, -0.2) is 4.98 Å². The summed E-state index contributed by atoms with van der Waals surface area (Å²) in [5, 5.41) is 2.84. The molecule has 0 aliphatic rings.